The summed E-state index contributed by atoms with van der Waals surface area (Å²) in [5, 5.41) is 14.3. The van der Waals surface area contributed by atoms with Gasteiger partial charge in [-0.2, -0.15) is 0 Å². The van der Waals surface area contributed by atoms with Crippen LogP contribution in [0.4, 0.5) is 5.69 Å². The number of esters is 2. The van der Waals surface area contributed by atoms with Crippen LogP contribution in [0, 0.1) is 21.4 Å². The smallest absolute Gasteiger partial charge is 0.323 e. The quantitative estimate of drug-likeness (QED) is 0.175. The second kappa shape index (κ2) is 7.73. The molecular formula is C16H18N2O7. The maximum atomic E-state index is 11.8. The molecule has 1 saturated carbocycles. The highest BCUT2D eigenvalue weighted by Crippen LogP contribution is 2.56. The molecule has 0 spiro atoms. The van der Waals surface area contributed by atoms with Crippen molar-refractivity contribution in [1.82, 2.24) is 0 Å². The Kier molecular flexibility index (Phi) is 5.68. The summed E-state index contributed by atoms with van der Waals surface area (Å²) in [4.78, 5) is 38.8. The average Bonchev–Trinajstić information content (AvgIpc) is 3.36. The van der Waals surface area contributed by atoms with Gasteiger partial charge in [-0.1, -0.05) is 5.16 Å². The highest BCUT2D eigenvalue weighted by atomic mass is 16.6. The van der Waals surface area contributed by atoms with Crippen LogP contribution >= 0.6 is 0 Å². The van der Waals surface area contributed by atoms with E-state index in [1.807, 2.05) is 0 Å². The molecule has 2 rings (SSSR count). The summed E-state index contributed by atoms with van der Waals surface area (Å²) in [7, 11) is 2.46. The summed E-state index contributed by atoms with van der Waals surface area (Å²) in [5.74, 6) is -1.40. The number of nitro benzene ring substituents is 1. The second-order valence-corrected chi connectivity index (χ2v) is 5.56. The third kappa shape index (κ3) is 3.93. The summed E-state index contributed by atoms with van der Waals surface area (Å²) in [5.41, 5.74) is -0.584. The fourth-order valence-corrected chi connectivity index (χ4v) is 2.65. The van der Waals surface area contributed by atoms with E-state index in [0.717, 1.165) is 0 Å². The van der Waals surface area contributed by atoms with Gasteiger partial charge >= 0.3 is 11.9 Å². The number of non-ortho nitro benzene ring substituents is 1. The van der Waals surface area contributed by atoms with Gasteiger partial charge in [0.1, 0.15) is 6.61 Å². The molecule has 1 aliphatic rings. The molecule has 1 aromatic rings. The van der Waals surface area contributed by atoms with E-state index in [-0.39, 0.29) is 18.2 Å². The lowest BCUT2D eigenvalue weighted by atomic mass is 10.0. The topological polar surface area (TPSA) is 117 Å². The Morgan fingerprint density at radius 2 is 1.88 bits per heavy atom. The third-order valence-electron chi connectivity index (χ3n) is 4.14. The summed E-state index contributed by atoms with van der Waals surface area (Å²) in [6.45, 7) is 0.212. The largest absolute Gasteiger partial charge is 0.468 e. The van der Waals surface area contributed by atoms with Gasteiger partial charge in [0, 0.05) is 12.1 Å². The molecule has 0 N–H and O–H groups in total. The molecule has 1 aliphatic carbocycles. The molecule has 1 atom stereocenters. The lowest BCUT2D eigenvalue weighted by molar-refractivity contribution is -0.384. The first kappa shape index (κ1) is 18.4. The van der Waals surface area contributed by atoms with E-state index >= 15 is 0 Å². The van der Waals surface area contributed by atoms with Crippen LogP contribution in [0.1, 0.15) is 18.4 Å². The van der Waals surface area contributed by atoms with Crippen molar-refractivity contribution in [1.29, 1.82) is 0 Å². The monoisotopic (exact) mass is 350 g/mol. The molecule has 0 radical (unpaired) electrons. The van der Waals surface area contributed by atoms with Crippen molar-refractivity contribution in [2.45, 2.75) is 12.8 Å². The number of nitrogens with zero attached hydrogens (tertiary/aromatic N) is 2. The Morgan fingerprint density at radius 1 is 1.28 bits per heavy atom. The number of oxime groups is 1. The number of benzene rings is 1. The van der Waals surface area contributed by atoms with Gasteiger partial charge in [-0.3, -0.25) is 19.7 Å². The molecule has 9 heteroatoms. The van der Waals surface area contributed by atoms with E-state index in [2.05, 4.69) is 14.6 Å². The van der Waals surface area contributed by atoms with Crippen molar-refractivity contribution in [3.8, 4) is 0 Å². The number of hydrogen-bond acceptors (Lipinski definition) is 8. The zero-order chi connectivity index (χ0) is 18.4. The Hall–Kier alpha value is -2.97. The number of nitro groups is 1. The average molecular weight is 350 g/mol. The van der Waals surface area contributed by atoms with Gasteiger partial charge in [0.05, 0.1) is 25.4 Å². The van der Waals surface area contributed by atoms with E-state index in [0.29, 0.717) is 18.4 Å². The molecule has 0 heterocycles. The first-order valence-electron chi connectivity index (χ1n) is 7.52. The number of carbonyl (C=O) groups is 2. The summed E-state index contributed by atoms with van der Waals surface area (Å²) < 4.78 is 9.37. The van der Waals surface area contributed by atoms with Gasteiger partial charge in [0.15, 0.2) is 5.41 Å². The fraction of sp³-hybridized carbons (Fsp3) is 0.438. The molecule has 0 saturated heterocycles. The van der Waals surface area contributed by atoms with Crippen LogP contribution in [0.25, 0.3) is 0 Å². The van der Waals surface area contributed by atoms with Crippen molar-refractivity contribution in [3.63, 3.8) is 0 Å². The zero-order valence-corrected chi connectivity index (χ0v) is 13.8. The van der Waals surface area contributed by atoms with Crippen LogP contribution in [0.15, 0.2) is 29.4 Å². The number of hydrogen-bond donors (Lipinski definition) is 0. The first-order valence-corrected chi connectivity index (χ1v) is 7.52. The maximum Gasteiger partial charge on any atom is 0.323 e. The van der Waals surface area contributed by atoms with Gasteiger partial charge in [0.2, 0.25) is 0 Å². The Morgan fingerprint density at radius 3 is 2.40 bits per heavy atom. The van der Waals surface area contributed by atoms with Gasteiger partial charge < -0.3 is 14.3 Å². The van der Waals surface area contributed by atoms with Crippen molar-refractivity contribution >= 4 is 23.8 Å². The number of rotatable bonds is 8. The van der Waals surface area contributed by atoms with Crippen LogP contribution in [0.2, 0.25) is 0 Å². The molecular weight excluding hydrogens is 332 g/mol. The van der Waals surface area contributed by atoms with E-state index in [9.17, 15) is 19.7 Å². The van der Waals surface area contributed by atoms with Crippen LogP contribution in [-0.4, -0.2) is 43.9 Å². The highest BCUT2D eigenvalue weighted by Gasteiger charge is 2.67. The van der Waals surface area contributed by atoms with Gasteiger partial charge in [-0.05, 0) is 36.5 Å². The van der Waals surface area contributed by atoms with Gasteiger partial charge in [-0.25, -0.2) is 0 Å². The normalized spacial score (nSPS) is 17.8. The van der Waals surface area contributed by atoms with Crippen LogP contribution in [-0.2, 0) is 23.9 Å². The zero-order valence-electron chi connectivity index (χ0n) is 13.8. The fourth-order valence-electron chi connectivity index (χ4n) is 2.65. The van der Waals surface area contributed by atoms with E-state index in [1.165, 1.54) is 32.6 Å². The molecule has 0 aliphatic heterocycles. The van der Waals surface area contributed by atoms with Gasteiger partial charge in [0.25, 0.3) is 5.69 Å². The van der Waals surface area contributed by atoms with Crippen molar-refractivity contribution in [2.24, 2.45) is 16.5 Å². The van der Waals surface area contributed by atoms with Crippen molar-refractivity contribution in [3.05, 3.63) is 39.9 Å². The SMILES string of the molecule is COC(=O)C1(C(=O)OC)C[C@@H]1CCO/N=C/c1ccc([N+](=O)[O-])cc1. The van der Waals surface area contributed by atoms with E-state index in [1.54, 1.807) is 12.1 Å². The first-order chi connectivity index (χ1) is 12.0. The molecule has 0 amide bonds. The molecule has 0 bridgehead atoms. The minimum absolute atomic E-state index is 0.00578. The Labute approximate surface area is 143 Å². The third-order valence-corrected chi connectivity index (χ3v) is 4.14. The highest BCUT2D eigenvalue weighted by molar-refractivity contribution is 6.03. The standard InChI is InChI=1S/C16H18N2O7/c1-23-14(19)16(15(20)24-2)9-12(16)7-8-25-17-10-11-3-5-13(6-4-11)18(21)22/h3-6,10,12H,7-9H2,1-2H3/b17-10+/t12-/m0/s1. The molecule has 1 aromatic carbocycles. The lowest BCUT2D eigenvalue weighted by Crippen LogP contribution is -2.30. The Balaban J connectivity index is 1.80. The predicted octanol–water partition coefficient (Wildman–Crippen LogP) is 1.69. The van der Waals surface area contributed by atoms with Crippen LogP contribution in [0.3, 0.4) is 0 Å². The van der Waals surface area contributed by atoms with Crippen molar-refractivity contribution < 1.29 is 28.8 Å². The number of methoxy groups -OCH3 is 2. The maximum absolute atomic E-state index is 11.8. The van der Waals surface area contributed by atoms with E-state index in [4.69, 9.17) is 4.84 Å². The van der Waals surface area contributed by atoms with Gasteiger partial charge in [-0.15, -0.1) is 0 Å². The lowest BCUT2D eigenvalue weighted by Gasteiger charge is -2.11. The van der Waals surface area contributed by atoms with E-state index < -0.39 is 22.3 Å². The van der Waals surface area contributed by atoms with Crippen LogP contribution < -0.4 is 0 Å². The second-order valence-electron chi connectivity index (χ2n) is 5.56. The van der Waals surface area contributed by atoms with Crippen molar-refractivity contribution in [2.75, 3.05) is 20.8 Å². The van der Waals surface area contributed by atoms with Crippen LogP contribution in [0.5, 0.6) is 0 Å². The summed E-state index contributed by atoms with van der Waals surface area (Å²) in [6, 6.07) is 5.83. The molecule has 134 valence electrons. The number of ether oxygens (including phenoxy) is 2. The molecule has 0 unspecified atom stereocenters. The molecule has 9 nitrogen and oxygen atoms in total. The molecule has 0 aromatic heterocycles. The Bertz CT molecular complexity index is 668. The molecule has 1 fully saturated rings. The summed E-state index contributed by atoms with van der Waals surface area (Å²) in [6.07, 6.45) is 2.23. The predicted molar refractivity (Wildman–Crippen MR) is 85.8 cm³/mol. The minimum Gasteiger partial charge on any atom is -0.468 e. The molecule has 25 heavy (non-hydrogen) atoms. The summed E-state index contributed by atoms with van der Waals surface area (Å²) >= 11 is 0. The minimum atomic E-state index is -1.23. The number of carbonyl (C=O) groups excluding carboxylic acids is 2.